The van der Waals surface area contributed by atoms with Crippen LogP contribution in [0.3, 0.4) is 0 Å². The van der Waals surface area contributed by atoms with E-state index in [0.717, 1.165) is 16.1 Å². The van der Waals surface area contributed by atoms with Crippen LogP contribution in [0.4, 0.5) is 15.3 Å². The fourth-order valence-corrected chi connectivity index (χ4v) is 3.66. The van der Waals surface area contributed by atoms with Crippen molar-refractivity contribution in [1.82, 2.24) is 10.2 Å². The van der Waals surface area contributed by atoms with Gasteiger partial charge in [-0.1, -0.05) is 18.2 Å². The molecule has 1 fully saturated rings. The predicted molar refractivity (Wildman–Crippen MR) is 103 cm³/mol. The summed E-state index contributed by atoms with van der Waals surface area (Å²) in [6.07, 6.45) is -0.316. The van der Waals surface area contributed by atoms with Gasteiger partial charge in [0.15, 0.2) is 0 Å². The number of nitrogens with zero attached hydrogens (tertiary/aromatic N) is 2. The van der Waals surface area contributed by atoms with Gasteiger partial charge in [0.1, 0.15) is 6.61 Å². The number of cyclic esters (lactones) is 1. The summed E-state index contributed by atoms with van der Waals surface area (Å²) in [6, 6.07) is 11.4. The van der Waals surface area contributed by atoms with E-state index in [9.17, 15) is 9.59 Å². The van der Waals surface area contributed by atoms with Gasteiger partial charge in [-0.25, -0.2) is 9.59 Å². The van der Waals surface area contributed by atoms with E-state index >= 15 is 0 Å². The van der Waals surface area contributed by atoms with Crippen LogP contribution in [0, 0.1) is 0 Å². The summed E-state index contributed by atoms with van der Waals surface area (Å²) in [7, 11) is 1.80. The summed E-state index contributed by atoms with van der Waals surface area (Å²) < 4.78 is 4.95. The van der Waals surface area contributed by atoms with Crippen LogP contribution in [0.5, 0.6) is 0 Å². The van der Waals surface area contributed by atoms with Crippen molar-refractivity contribution >= 4 is 29.1 Å². The topological polar surface area (TPSA) is 61.9 Å². The third-order valence-corrected chi connectivity index (χ3v) is 5.70. The minimum absolute atomic E-state index is 0.0192. The van der Waals surface area contributed by atoms with E-state index in [0.29, 0.717) is 13.2 Å². The second-order valence-corrected chi connectivity index (χ2v) is 7.31. The van der Waals surface area contributed by atoms with Crippen LogP contribution in [0.15, 0.2) is 41.8 Å². The zero-order valence-corrected chi connectivity index (χ0v) is 16.0. The zero-order chi connectivity index (χ0) is 18.7. The van der Waals surface area contributed by atoms with Gasteiger partial charge in [-0.15, -0.1) is 11.3 Å². The molecule has 0 spiro atoms. The molecule has 0 unspecified atom stereocenters. The molecule has 6 nitrogen and oxygen atoms in total. The first-order valence-electron chi connectivity index (χ1n) is 8.58. The van der Waals surface area contributed by atoms with Crippen molar-refractivity contribution in [2.24, 2.45) is 0 Å². The monoisotopic (exact) mass is 373 g/mol. The van der Waals surface area contributed by atoms with Crippen molar-refractivity contribution in [2.45, 2.75) is 25.9 Å². The lowest BCUT2D eigenvalue weighted by molar-refractivity contribution is 0.181. The Bertz CT molecular complexity index is 761. The molecule has 138 valence electrons. The molecule has 7 heteroatoms. The molecule has 3 amide bonds. The van der Waals surface area contributed by atoms with Gasteiger partial charge in [-0.05, 0) is 43.0 Å². The quantitative estimate of drug-likeness (QED) is 0.856. The molecular formula is C19H23N3O3S. The van der Waals surface area contributed by atoms with Crippen LogP contribution in [0.2, 0.25) is 0 Å². The number of urea groups is 1. The summed E-state index contributed by atoms with van der Waals surface area (Å²) in [5.41, 5.74) is 1.78. The van der Waals surface area contributed by atoms with E-state index in [1.807, 2.05) is 55.6 Å². The number of rotatable bonds is 5. The van der Waals surface area contributed by atoms with Crippen LogP contribution >= 0.6 is 11.3 Å². The number of thiophene rings is 1. The average Bonchev–Trinajstić information content (AvgIpc) is 3.32. The third kappa shape index (κ3) is 3.83. The third-order valence-electron chi connectivity index (χ3n) is 4.66. The van der Waals surface area contributed by atoms with Crippen molar-refractivity contribution in [3.8, 4) is 0 Å². The lowest BCUT2D eigenvalue weighted by Gasteiger charge is -2.26. The first-order valence-corrected chi connectivity index (χ1v) is 9.46. The fraction of sp³-hybridized carbons (Fsp3) is 0.368. The van der Waals surface area contributed by atoms with E-state index in [-0.39, 0.29) is 24.2 Å². The van der Waals surface area contributed by atoms with Crippen LogP contribution in [0.25, 0.3) is 0 Å². The van der Waals surface area contributed by atoms with Crippen molar-refractivity contribution in [3.63, 3.8) is 0 Å². The Hall–Kier alpha value is -2.54. The summed E-state index contributed by atoms with van der Waals surface area (Å²) >= 11 is 1.64. The largest absolute Gasteiger partial charge is 0.447 e. The molecule has 26 heavy (non-hydrogen) atoms. The van der Waals surface area contributed by atoms with Gasteiger partial charge in [0.05, 0.1) is 18.6 Å². The number of anilines is 1. The number of ether oxygens (including phenoxy) is 1. The highest BCUT2D eigenvalue weighted by molar-refractivity contribution is 7.10. The molecule has 1 aliphatic heterocycles. The Kier molecular flexibility index (Phi) is 5.46. The molecule has 1 aromatic heterocycles. The fourth-order valence-electron chi connectivity index (χ4n) is 2.84. The normalized spacial score (nSPS) is 16.1. The summed E-state index contributed by atoms with van der Waals surface area (Å²) in [5, 5.41) is 5.03. The van der Waals surface area contributed by atoms with Crippen LogP contribution in [-0.2, 0) is 4.74 Å². The van der Waals surface area contributed by atoms with Crippen LogP contribution in [-0.4, -0.2) is 37.2 Å². The highest BCUT2D eigenvalue weighted by Gasteiger charge is 2.24. The average molecular weight is 373 g/mol. The van der Waals surface area contributed by atoms with E-state index < -0.39 is 0 Å². The number of nitrogens with one attached hydrogen (secondary N) is 1. The van der Waals surface area contributed by atoms with E-state index in [2.05, 4.69) is 5.32 Å². The van der Waals surface area contributed by atoms with Crippen molar-refractivity contribution in [1.29, 1.82) is 0 Å². The maximum atomic E-state index is 12.5. The molecule has 0 saturated carbocycles. The van der Waals surface area contributed by atoms with Crippen molar-refractivity contribution in [3.05, 3.63) is 52.2 Å². The smallest absolute Gasteiger partial charge is 0.414 e. The number of hydrogen-bond donors (Lipinski definition) is 1. The van der Waals surface area contributed by atoms with Gasteiger partial charge in [-0.2, -0.15) is 0 Å². The molecule has 2 atom stereocenters. The standard InChI is InChI=1S/C19H23N3O3S/c1-13(20-18(23)21(3)14(2)17-5-4-12-26-17)15-6-8-16(9-7-15)22-10-11-25-19(22)24/h4-9,12-14H,10-11H2,1-3H3,(H,20,23)/t13-,14+/m0/s1. The number of carbonyl (C=O) groups is 2. The Morgan fingerprint density at radius 2 is 2.00 bits per heavy atom. The van der Waals surface area contributed by atoms with Gasteiger partial charge < -0.3 is 15.0 Å². The number of hydrogen-bond acceptors (Lipinski definition) is 4. The SMILES string of the molecule is C[C@H](NC(=O)N(C)[C@H](C)c1cccs1)c1ccc(N2CCOC2=O)cc1. The molecule has 3 rings (SSSR count). The lowest BCUT2D eigenvalue weighted by atomic mass is 10.1. The Morgan fingerprint density at radius 3 is 2.58 bits per heavy atom. The summed E-state index contributed by atoms with van der Waals surface area (Å²) in [6.45, 7) is 4.94. The van der Waals surface area contributed by atoms with Gasteiger partial charge in [0.2, 0.25) is 0 Å². The molecule has 0 bridgehead atoms. The minimum Gasteiger partial charge on any atom is -0.447 e. The van der Waals surface area contributed by atoms with E-state index in [4.69, 9.17) is 4.74 Å². The lowest BCUT2D eigenvalue weighted by Crippen LogP contribution is -2.39. The molecule has 0 aliphatic carbocycles. The van der Waals surface area contributed by atoms with Crippen molar-refractivity contribution < 1.29 is 14.3 Å². The van der Waals surface area contributed by atoms with E-state index in [1.165, 1.54) is 0 Å². The maximum Gasteiger partial charge on any atom is 0.414 e. The van der Waals surface area contributed by atoms with Gasteiger partial charge >= 0.3 is 12.1 Å². The molecular weight excluding hydrogens is 350 g/mol. The first-order chi connectivity index (χ1) is 12.5. The molecule has 0 radical (unpaired) electrons. The first kappa shape index (κ1) is 18.3. The summed E-state index contributed by atoms with van der Waals surface area (Å²) in [4.78, 5) is 28.6. The summed E-state index contributed by atoms with van der Waals surface area (Å²) in [5.74, 6) is 0. The zero-order valence-electron chi connectivity index (χ0n) is 15.1. The van der Waals surface area contributed by atoms with Gasteiger partial charge in [0, 0.05) is 17.6 Å². The maximum absolute atomic E-state index is 12.5. The Labute approximate surface area is 157 Å². The molecule has 2 aromatic rings. The Balaban J connectivity index is 1.61. The number of amides is 3. The number of carbonyl (C=O) groups excluding carboxylic acids is 2. The molecule has 1 saturated heterocycles. The highest BCUT2D eigenvalue weighted by atomic mass is 32.1. The van der Waals surface area contributed by atoms with Crippen LogP contribution < -0.4 is 10.2 Å². The van der Waals surface area contributed by atoms with Crippen molar-refractivity contribution in [2.75, 3.05) is 25.1 Å². The van der Waals surface area contributed by atoms with Crippen LogP contribution in [0.1, 0.15) is 36.4 Å². The molecule has 1 aromatic carbocycles. The van der Waals surface area contributed by atoms with Gasteiger partial charge in [0.25, 0.3) is 0 Å². The molecule has 1 N–H and O–H groups in total. The predicted octanol–water partition coefficient (Wildman–Crippen LogP) is 4.17. The van der Waals surface area contributed by atoms with E-state index in [1.54, 1.807) is 28.2 Å². The van der Waals surface area contributed by atoms with Gasteiger partial charge in [-0.3, -0.25) is 4.90 Å². The minimum atomic E-state index is -0.316. The Morgan fingerprint density at radius 1 is 1.27 bits per heavy atom. The highest BCUT2D eigenvalue weighted by Crippen LogP contribution is 2.25. The second-order valence-electron chi connectivity index (χ2n) is 6.33. The second kappa shape index (κ2) is 7.78. The molecule has 1 aliphatic rings. The number of benzene rings is 1. The molecule has 2 heterocycles.